The monoisotopic (exact) mass is 478 g/mol. The van der Waals surface area contributed by atoms with Gasteiger partial charge in [0.15, 0.2) is 27.3 Å². The molecule has 2 aromatic rings. The smallest absolute Gasteiger partial charge is 0.243 e. The minimum Gasteiger partial charge on any atom is -0.346 e. The summed E-state index contributed by atoms with van der Waals surface area (Å²) in [5.41, 5.74) is -0.122. The predicted octanol–water partition coefficient (Wildman–Crippen LogP) is 2.54. The topological polar surface area (TPSA) is 92.3 Å². The molecule has 28 heavy (non-hydrogen) atoms. The van der Waals surface area contributed by atoms with E-state index in [9.17, 15) is 31.2 Å². The molecule has 0 bridgehead atoms. The molecule has 2 aromatic carbocycles. The number of anilines is 1. The highest BCUT2D eigenvalue weighted by molar-refractivity contribution is 9.10. The van der Waals surface area contributed by atoms with Crippen LogP contribution in [0.2, 0.25) is 0 Å². The Kier molecular flexibility index (Phi) is 7.19. The Hall–Kier alpha value is -2.40. The summed E-state index contributed by atoms with van der Waals surface area (Å²) in [6, 6.07) is 7.93. The second-order valence-electron chi connectivity index (χ2n) is 5.71. The lowest BCUT2D eigenvalue weighted by molar-refractivity contribution is -0.122. The summed E-state index contributed by atoms with van der Waals surface area (Å²) in [7, 11) is -3.78. The van der Waals surface area contributed by atoms with Gasteiger partial charge >= 0.3 is 0 Å². The Bertz CT molecular complexity index is 998. The zero-order valence-electron chi connectivity index (χ0n) is 14.1. The highest BCUT2D eigenvalue weighted by Gasteiger charge is 2.19. The summed E-state index contributed by atoms with van der Waals surface area (Å²) in [4.78, 5) is 23.5. The molecule has 0 aromatic heterocycles. The summed E-state index contributed by atoms with van der Waals surface area (Å²) in [5, 5.41) is 4.02. The first kappa shape index (κ1) is 21.9. The van der Waals surface area contributed by atoms with Crippen molar-refractivity contribution >= 4 is 43.3 Å². The van der Waals surface area contributed by atoms with Crippen molar-refractivity contribution in [2.45, 2.75) is 5.75 Å². The summed E-state index contributed by atoms with van der Waals surface area (Å²) >= 11 is 3.22. The van der Waals surface area contributed by atoms with Crippen LogP contribution >= 0.6 is 15.9 Å². The maximum Gasteiger partial charge on any atom is 0.243 e. The fourth-order valence-electron chi connectivity index (χ4n) is 2.13. The number of amides is 2. The minimum absolute atomic E-state index is 0.361. The van der Waals surface area contributed by atoms with E-state index in [0.717, 1.165) is 10.5 Å². The van der Waals surface area contributed by atoms with Gasteiger partial charge in [-0.15, -0.1) is 0 Å². The molecule has 0 saturated carbocycles. The van der Waals surface area contributed by atoms with Crippen molar-refractivity contribution in [1.29, 1.82) is 0 Å². The first-order valence-corrected chi connectivity index (χ1v) is 10.3. The first-order valence-electron chi connectivity index (χ1n) is 7.72. The van der Waals surface area contributed by atoms with E-state index >= 15 is 0 Å². The molecule has 0 radical (unpaired) electrons. The van der Waals surface area contributed by atoms with Gasteiger partial charge in [-0.1, -0.05) is 28.1 Å². The van der Waals surface area contributed by atoms with Crippen molar-refractivity contribution in [3.05, 3.63) is 63.9 Å². The first-order chi connectivity index (χ1) is 13.1. The maximum absolute atomic E-state index is 13.5. The standard InChI is InChI=1S/C17H14BrF3N2O4S/c18-11-3-1-10(2-4-11)8-28(26,27)9-15(25)22-7-14(24)23-13-6-5-12(19)16(20)17(13)21/h1-6H,7-9H2,(H,22,25)(H,23,24). The van der Waals surface area contributed by atoms with E-state index in [1.807, 2.05) is 5.32 Å². The van der Waals surface area contributed by atoms with Gasteiger partial charge in [0.1, 0.15) is 5.75 Å². The lowest BCUT2D eigenvalue weighted by Gasteiger charge is -2.09. The van der Waals surface area contributed by atoms with Crippen LogP contribution in [0.1, 0.15) is 5.56 Å². The van der Waals surface area contributed by atoms with Gasteiger partial charge in [0.2, 0.25) is 11.8 Å². The Morgan fingerprint density at radius 3 is 2.21 bits per heavy atom. The fraction of sp³-hybridized carbons (Fsp3) is 0.176. The highest BCUT2D eigenvalue weighted by atomic mass is 79.9. The van der Waals surface area contributed by atoms with Gasteiger partial charge in [-0.25, -0.2) is 21.6 Å². The number of halogens is 4. The van der Waals surface area contributed by atoms with Crippen LogP contribution in [0.4, 0.5) is 18.9 Å². The number of carbonyl (C=O) groups is 2. The Labute approximate surface area is 167 Å². The van der Waals surface area contributed by atoms with Crippen LogP contribution in [-0.2, 0) is 25.2 Å². The molecule has 0 aliphatic rings. The van der Waals surface area contributed by atoms with Crippen LogP contribution < -0.4 is 10.6 Å². The van der Waals surface area contributed by atoms with E-state index in [0.29, 0.717) is 11.6 Å². The number of rotatable bonds is 7. The SMILES string of the molecule is O=C(CS(=O)(=O)Cc1ccc(Br)cc1)NCC(=O)Nc1ccc(F)c(F)c1F. The average molecular weight is 479 g/mol. The Balaban J connectivity index is 1.86. The number of benzene rings is 2. The second-order valence-corrected chi connectivity index (χ2v) is 8.69. The molecule has 0 heterocycles. The Morgan fingerprint density at radius 2 is 1.57 bits per heavy atom. The molecule has 0 spiro atoms. The van der Waals surface area contributed by atoms with Crippen molar-refractivity contribution in [2.24, 2.45) is 0 Å². The molecule has 6 nitrogen and oxygen atoms in total. The minimum atomic E-state index is -3.78. The average Bonchev–Trinajstić information content (AvgIpc) is 2.62. The van der Waals surface area contributed by atoms with E-state index in [1.54, 1.807) is 24.3 Å². The normalized spacial score (nSPS) is 11.1. The van der Waals surface area contributed by atoms with Crippen LogP contribution in [0.15, 0.2) is 40.9 Å². The van der Waals surface area contributed by atoms with Crippen LogP contribution in [0.5, 0.6) is 0 Å². The molecule has 0 saturated heterocycles. The van der Waals surface area contributed by atoms with Gasteiger partial charge in [-0.05, 0) is 29.8 Å². The third kappa shape index (κ3) is 6.34. The number of nitrogens with one attached hydrogen (secondary N) is 2. The summed E-state index contributed by atoms with van der Waals surface area (Å²) in [5.74, 6) is -7.84. The van der Waals surface area contributed by atoms with Crippen LogP contribution in [0, 0.1) is 17.5 Å². The molecule has 2 rings (SSSR count). The molecule has 0 fully saturated rings. The van der Waals surface area contributed by atoms with E-state index in [1.165, 1.54) is 0 Å². The lowest BCUT2D eigenvalue weighted by Crippen LogP contribution is -2.36. The largest absolute Gasteiger partial charge is 0.346 e. The van der Waals surface area contributed by atoms with Gasteiger partial charge in [0.05, 0.1) is 18.0 Å². The summed E-state index contributed by atoms with van der Waals surface area (Å²) < 4.78 is 64.3. The molecule has 11 heteroatoms. The predicted molar refractivity (Wildman–Crippen MR) is 99.6 cm³/mol. The summed E-state index contributed by atoms with van der Waals surface area (Å²) in [6.07, 6.45) is 0. The number of hydrogen-bond donors (Lipinski definition) is 2. The number of sulfone groups is 1. The third-order valence-electron chi connectivity index (χ3n) is 3.41. The summed E-state index contributed by atoms with van der Waals surface area (Å²) in [6.45, 7) is -0.676. The van der Waals surface area contributed by atoms with E-state index < -0.39 is 57.1 Å². The fourth-order valence-corrected chi connectivity index (χ4v) is 3.70. The molecule has 0 atom stereocenters. The molecule has 0 unspecified atom stereocenters. The second kappa shape index (κ2) is 9.20. The van der Waals surface area contributed by atoms with Crippen LogP contribution in [0.25, 0.3) is 0 Å². The number of hydrogen-bond acceptors (Lipinski definition) is 4. The van der Waals surface area contributed by atoms with Crippen molar-refractivity contribution in [1.82, 2.24) is 5.32 Å². The molecule has 2 amide bonds. The number of carbonyl (C=O) groups excluding carboxylic acids is 2. The zero-order chi connectivity index (χ0) is 20.9. The maximum atomic E-state index is 13.5. The van der Waals surface area contributed by atoms with E-state index in [4.69, 9.17) is 0 Å². The van der Waals surface area contributed by atoms with Crippen LogP contribution in [-0.4, -0.2) is 32.5 Å². The van der Waals surface area contributed by atoms with E-state index in [2.05, 4.69) is 21.2 Å². The van der Waals surface area contributed by atoms with Crippen molar-refractivity contribution in [3.63, 3.8) is 0 Å². The van der Waals surface area contributed by atoms with Gasteiger partial charge in [0.25, 0.3) is 0 Å². The van der Waals surface area contributed by atoms with Gasteiger partial charge < -0.3 is 10.6 Å². The van der Waals surface area contributed by atoms with Crippen LogP contribution in [0.3, 0.4) is 0 Å². The molecular weight excluding hydrogens is 465 g/mol. The van der Waals surface area contributed by atoms with Gasteiger partial charge in [0, 0.05) is 4.47 Å². The zero-order valence-corrected chi connectivity index (χ0v) is 16.5. The molecular formula is C17H14BrF3N2O4S. The lowest BCUT2D eigenvalue weighted by atomic mass is 10.2. The quantitative estimate of drug-likeness (QED) is 0.598. The Morgan fingerprint density at radius 1 is 0.929 bits per heavy atom. The highest BCUT2D eigenvalue weighted by Crippen LogP contribution is 2.19. The van der Waals surface area contributed by atoms with Gasteiger partial charge in [-0.2, -0.15) is 0 Å². The van der Waals surface area contributed by atoms with Crippen molar-refractivity contribution in [3.8, 4) is 0 Å². The third-order valence-corrected chi connectivity index (χ3v) is 5.41. The van der Waals surface area contributed by atoms with E-state index in [-0.39, 0.29) is 5.75 Å². The van der Waals surface area contributed by atoms with Gasteiger partial charge in [-0.3, -0.25) is 9.59 Å². The molecule has 150 valence electrons. The molecule has 2 N–H and O–H groups in total. The van der Waals surface area contributed by atoms with Crippen molar-refractivity contribution in [2.75, 3.05) is 17.6 Å². The molecule has 0 aliphatic heterocycles. The van der Waals surface area contributed by atoms with Crippen molar-refractivity contribution < 1.29 is 31.2 Å². The molecule has 0 aliphatic carbocycles.